The topological polar surface area (TPSA) is 75.6 Å². The van der Waals surface area contributed by atoms with Crippen LogP contribution in [0.1, 0.15) is 40.0 Å². The van der Waals surface area contributed by atoms with Crippen LogP contribution in [0.5, 0.6) is 0 Å². The maximum Gasteiger partial charge on any atom is 0.323 e. The van der Waals surface area contributed by atoms with Crippen molar-refractivity contribution in [3.8, 4) is 0 Å². The Bertz CT molecular complexity index is 295. The van der Waals surface area contributed by atoms with Gasteiger partial charge in [-0.2, -0.15) is 0 Å². The summed E-state index contributed by atoms with van der Waals surface area (Å²) in [6.07, 6.45) is 1.44. The first-order valence-corrected chi connectivity index (χ1v) is 5.96. The minimum atomic E-state index is -0.786. The van der Waals surface area contributed by atoms with Gasteiger partial charge in [-0.15, -0.1) is 0 Å². The molecule has 1 aliphatic rings. The fourth-order valence-corrected chi connectivity index (χ4v) is 1.91. The van der Waals surface area contributed by atoms with Gasteiger partial charge in [0.25, 0.3) is 0 Å². The predicted molar refractivity (Wildman–Crippen MR) is 62.6 cm³/mol. The minimum Gasteiger partial charge on any atom is -0.481 e. The van der Waals surface area contributed by atoms with E-state index in [1.165, 1.54) is 0 Å². The van der Waals surface area contributed by atoms with E-state index in [1.54, 1.807) is 0 Å². The number of carbonyl (C=O) groups is 2. The molecule has 0 aliphatic carbocycles. The van der Waals surface area contributed by atoms with Gasteiger partial charge < -0.3 is 15.2 Å². The summed E-state index contributed by atoms with van der Waals surface area (Å²) in [4.78, 5) is 22.2. The smallest absolute Gasteiger partial charge is 0.323 e. The van der Waals surface area contributed by atoms with Crippen LogP contribution in [0.25, 0.3) is 0 Å². The van der Waals surface area contributed by atoms with E-state index >= 15 is 0 Å². The van der Waals surface area contributed by atoms with Gasteiger partial charge in [0.2, 0.25) is 0 Å². The fraction of sp³-hybridized carbons (Fsp3) is 0.833. The monoisotopic (exact) mass is 243 g/mol. The van der Waals surface area contributed by atoms with Crippen LogP contribution >= 0.6 is 0 Å². The first-order chi connectivity index (χ1) is 7.78. The number of esters is 1. The van der Waals surface area contributed by atoms with Crippen LogP contribution in [0.15, 0.2) is 0 Å². The third-order valence-electron chi connectivity index (χ3n) is 2.68. The zero-order valence-corrected chi connectivity index (χ0v) is 10.7. The lowest BCUT2D eigenvalue weighted by Crippen LogP contribution is -2.37. The summed E-state index contributed by atoms with van der Waals surface area (Å²) < 4.78 is 5.28. The van der Waals surface area contributed by atoms with Gasteiger partial charge in [0.05, 0.1) is 0 Å². The zero-order chi connectivity index (χ0) is 13.1. The van der Waals surface area contributed by atoms with Gasteiger partial charge >= 0.3 is 11.9 Å². The van der Waals surface area contributed by atoms with Gasteiger partial charge in [-0.05, 0) is 46.1 Å². The number of carbonyl (C=O) groups excluding carboxylic acids is 1. The molecule has 0 spiro atoms. The van der Waals surface area contributed by atoms with Crippen molar-refractivity contribution in [1.82, 2.24) is 5.32 Å². The van der Waals surface area contributed by atoms with E-state index in [1.807, 2.05) is 20.8 Å². The Hall–Kier alpha value is -1.10. The maximum atomic E-state index is 11.7. The van der Waals surface area contributed by atoms with Crippen LogP contribution in [0, 0.1) is 5.92 Å². The molecule has 0 aromatic heterocycles. The second kappa shape index (κ2) is 5.49. The highest BCUT2D eigenvalue weighted by atomic mass is 16.6. The summed E-state index contributed by atoms with van der Waals surface area (Å²) in [5, 5.41) is 11.7. The SMILES string of the molecule is CC(C)(C)OC(=O)C1CC(CCC(=O)O)CN1. The third-order valence-corrected chi connectivity index (χ3v) is 2.68. The lowest BCUT2D eigenvalue weighted by molar-refractivity contribution is -0.157. The van der Waals surface area contributed by atoms with Crippen LogP contribution in [0.2, 0.25) is 0 Å². The zero-order valence-electron chi connectivity index (χ0n) is 10.7. The van der Waals surface area contributed by atoms with Gasteiger partial charge in [0.15, 0.2) is 0 Å². The molecule has 17 heavy (non-hydrogen) atoms. The third kappa shape index (κ3) is 5.17. The predicted octanol–water partition coefficient (Wildman–Crippen LogP) is 1.17. The average Bonchev–Trinajstić information content (AvgIpc) is 2.60. The van der Waals surface area contributed by atoms with Crippen LogP contribution in [0.4, 0.5) is 0 Å². The fourth-order valence-electron chi connectivity index (χ4n) is 1.91. The summed E-state index contributed by atoms with van der Waals surface area (Å²) in [5.41, 5.74) is -0.474. The Morgan fingerprint density at radius 3 is 2.59 bits per heavy atom. The largest absolute Gasteiger partial charge is 0.481 e. The lowest BCUT2D eigenvalue weighted by atomic mass is 10.00. The molecule has 0 amide bonds. The Kier molecular flexibility index (Phi) is 4.51. The van der Waals surface area contributed by atoms with Crippen molar-refractivity contribution < 1.29 is 19.4 Å². The Balaban J connectivity index is 2.34. The summed E-state index contributed by atoms with van der Waals surface area (Å²) in [6, 6.07) is -0.284. The van der Waals surface area contributed by atoms with Crippen molar-refractivity contribution in [3.05, 3.63) is 0 Å². The molecule has 0 aromatic rings. The van der Waals surface area contributed by atoms with E-state index in [4.69, 9.17) is 9.84 Å². The van der Waals surface area contributed by atoms with E-state index in [-0.39, 0.29) is 24.3 Å². The highest BCUT2D eigenvalue weighted by Gasteiger charge is 2.32. The van der Waals surface area contributed by atoms with Gasteiger partial charge in [-0.3, -0.25) is 9.59 Å². The Labute approximate surface area is 102 Å². The van der Waals surface area contributed by atoms with Crippen LogP contribution in [0.3, 0.4) is 0 Å². The number of carboxylic acid groups (broad SMARTS) is 1. The number of aliphatic carboxylic acids is 1. The van der Waals surface area contributed by atoms with E-state index < -0.39 is 11.6 Å². The second-order valence-corrected chi connectivity index (χ2v) is 5.53. The van der Waals surface area contributed by atoms with Gasteiger partial charge in [-0.25, -0.2) is 0 Å². The molecule has 1 heterocycles. The summed E-state index contributed by atoms with van der Waals surface area (Å²) in [5.74, 6) is -0.773. The Morgan fingerprint density at radius 2 is 2.06 bits per heavy atom. The van der Waals surface area contributed by atoms with Crippen molar-refractivity contribution in [2.75, 3.05) is 6.54 Å². The molecule has 2 N–H and O–H groups in total. The standard InChI is InChI=1S/C12H21NO4/c1-12(2,3)17-11(16)9-6-8(7-13-9)4-5-10(14)15/h8-9,13H,4-7H2,1-3H3,(H,14,15). The van der Waals surface area contributed by atoms with Crippen LogP contribution in [-0.2, 0) is 14.3 Å². The quantitative estimate of drug-likeness (QED) is 0.725. The summed E-state index contributed by atoms with van der Waals surface area (Å²) >= 11 is 0. The van der Waals surface area contributed by atoms with Crippen molar-refractivity contribution >= 4 is 11.9 Å². The van der Waals surface area contributed by atoms with Crippen LogP contribution < -0.4 is 5.32 Å². The molecule has 2 unspecified atom stereocenters. The highest BCUT2D eigenvalue weighted by Crippen LogP contribution is 2.21. The molecule has 0 aromatic carbocycles. The van der Waals surface area contributed by atoms with Gasteiger partial charge in [-0.1, -0.05) is 0 Å². The normalized spacial score (nSPS) is 24.6. The summed E-state index contributed by atoms with van der Waals surface area (Å²) in [6.45, 7) is 6.20. The Morgan fingerprint density at radius 1 is 1.41 bits per heavy atom. The average molecular weight is 243 g/mol. The molecule has 5 heteroatoms. The maximum absolute atomic E-state index is 11.7. The second-order valence-electron chi connectivity index (χ2n) is 5.53. The molecular weight excluding hydrogens is 222 g/mol. The molecule has 1 saturated heterocycles. The van der Waals surface area contributed by atoms with E-state index in [0.717, 1.165) is 0 Å². The molecule has 1 rings (SSSR count). The van der Waals surface area contributed by atoms with E-state index in [2.05, 4.69) is 5.32 Å². The number of rotatable bonds is 4. The molecular formula is C12H21NO4. The molecule has 1 fully saturated rings. The van der Waals surface area contributed by atoms with Crippen molar-refractivity contribution in [3.63, 3.8) is 0 Å². The molecule has 0 radical (unpaired) electrons. The first-order valence-electron chi connectivity index (χ1n) is 5.96. The molecule has 0 saturated carbocycles. The van der Waals surface area contributed by atoms with Gasteiger partial charge in [0.1, 0.15) is 11.6 Å². The summed E-state index contributed by atoms with van der Waals surface area (Å²) in [7, 11) is 0. The lowest BCUT2D eigenvalue weighted by Gasteiger charge is -2.22. The molecule has 1 aliphatic heterocycles. The number of carboxylic acids is 1. The number of hydrogen-bond donors (Lipinski definition) is 2. The number of hydrogen-bond acceptors (Lipinski definition) is 4. The molecule has 98 valence electrons. The van der Waals surface area contributed by atoms with Crippen LogP contribution in [-0.4, -0.2) is 35.2 Å². The van der Waals surface area contributed by atoms with E-state index in [0.29, 0.717) is 19.4 Å². The number of nitrogens with one attached hydrogen (secondary N) is 1. The van der Waals surface area contributed by atoms with Crippen molar-refractivity contribution in [2.45, 2.75) is 51.7 Å². The minimum absolute atomic E-state index is 0.160. The molecule has 2 atom stereocenters. The first kappa shape index (κ1) is 14.0. The van der Waals surface area contributed by atoms with Gasteiger partial charge in [0, 0.05) is 6.42 Å². The van der Waals surface area contributed by atoms with E-state index in [9.17, 15) is 9.59 Å². The highest BCUT2D eigenvalue weighted by molar-refractivity contribution is 5.76. The molecule has 5 nitrogen and oxygen atoms in total. The number of ether oxygens (including phenoxy) is 1. The van der Waals surface area contributed by atoms with Crippen molar-refractivity contribution in [1.29, 1.82) is 0 Å². The molecule has 0 bridgehead atoms. The van der Waals surface area contributed by atoms with Crippen molar-refractivity contribution in [2.24, 2.45) is 5.92 Å².